The van der Waals surface area contributed by atoms with Crippen molar-refractivity contribution in [1.82, 2.24) is 0 Å². The minimum absolute atomic E-state index is 0.0565. The van der Waals surface area contributed by atoms with Crippen molar-refractivity contribution in [3.05, 3.63) is 85.1 Å². The van der Waals surface area contributed by atoms with Crippen LogP contribution in [0.15, 0.2) is 85.1 Å². The van der Waals surface area contributed by atoms with Crippen LogP contribution in [-0.2, 0) is 32.7 Å². The van der Waals surface area contributed by atoms with Gasteiger partial charge in [0.05, 0.1) is 12.7 Å². The van der Waals surface area contributed by atoms with Gasteiger partial charge in [-0.1, -0.05) is 163 Å². The molecular weight excluding hydrogens is 868 g/mol. The lowest BCUT2D eigenvalue weighted by Crippen LogP contribution is -2.64. The van der Waals surface area contributed by atoms with Crippen molar-refractivity contribution in [2.45, 2.75) is 210 Å². The van der Waals surface area contributed by atoms with Crippen molar-refractivity contribution in [1.29, 1.82) is 0 Å². The van der Waals surface area contributed by atoms with E-state index < -0.39 is 81.8 Å². The monoisotopic (exact) mass is 953 g/mol. The summed E-state index contributed by atoms with van der Waals surface area (Å²) in [7, 11) is -5.16. The zero-order chi connectivity index (χ0) is 48.7. The molecule has 0 bridgehead atoms. The van der Waals surface area contributed by atoms with Gasteiger partial charge in [0, 0.05) is 12.8 Å². The van der Waals surface area contributed by atoms with Gasteiger partial charge >= 0.3 is 19.8 Å². The molecule has 66 heavy (non-hydrogen) atoms. The van der Waals surface area contributed by atoms with Crippen LogP contribution in [-0.4, -0.2) is 110 Å². The predicted molar refractivity (Wildman–Crippen MR) is 259 cm³/mol. The molecule has 4 unspecified atom stereocenters. The second-order valence-electron chi connectivity index (χ2n) is 16.8. The first-order chi connectivity index (χ1) is 31.8. The van der Waals surface area contributed by atoms with Gasteiger partial charge in [-0.05, 0) is 70.6 Å². The standard InChI is InChI=1S/C51H85O14P/c1-3-5-7-9-11-12-13-14-15-16-17-18-19-23-26-30-34-38-44(53)62-40-43(41-63-66(60,61)65-51-49(58)47(56)46(55)48(57)50(51)59)64-45(54)39-35-31-27-24-21-20-22-25-29-33-37-42(52)36-32-28-10-8-6-4-2/h6,8,14-15,20-21,25,27-29,31-33,37,42-43,46-52,55-59H,3-5,7,9-13,16-19,22-24,26,30,34-36,38-41H2,1-2H3,(H,60,61)/b8-6-,15-14-,21-20-,29-25-,31-27-,32-28-,37-33+/t42?,43-,46?,47-,48+,49-,50-,51?/m1/s1. The number of carbonyl (C=O) groups excluding carboxylic acids is 2. The molecule has 14 nitrogen and oxygen atoms in total. The molecule has 378 valence electrons. The van der Waals surface area contributed by atoms with Crippen LogP contribution in [0.1, 0.15) is 162 Å². The van der Waals surface area contributed by atoms with Crippen molar-refractivity contribution in [3.8, 4) is 0 Å². The highest BCUT2D eigenvalue weighted by atomic mass is 31.2. The molecule has 1 aliphatic rings. The van der Waals surface area contributed by atoms with Crippen molar-refractivity contribution in [2.75, 3.05) is 13.2 Å². The number of aliphatic hydroxyl groups excluding tert-OH is 6. The van der Waals surface area contributed by atoms with E-state index in [0.717, 1.165) is 44.9 Å². The third kappa shape index (κ3) is 31.9. The number of phosphoric acid groups is 1. The van der Waals surface area contributed by atoms with Crippen LogP contribution >= 0.6 is 7.82 Å². The van der Waals surface area contributed by atoms with Gasteiger partial charge in [0.15, 0.2) is 6.10 Å². The first-order valence-electron chi connectivity index (χ1n) is 24.5. The number of phosphoric ester groups is 1. The normalized spacial score (nSPS) is 22.5. The maximum atomic E-state index is 12.8. The molecule has 0 spiro atoms. The highest BCUT2D eigenvalue weighted by Crippen LogP contribution is 2.47. The molecule has 0 heterocycles. The molecule has 9 atom stereocenters. The van der Waals surface area contributed by atoms with E-state index in [0.29, 0.717) is 32.1 Å². The Bertz CT molecular complexity index is 1490. The molecule has 0 aromatic heterocycles. The number of carbonyl (C=O) groups is 2. The lowest BCUT2D eigenvalue weighted by molar-refractivity contribution is -0.220. The van der Waals surface area contributed by atoms with Gasteiger partial charge in [-0.2, -0.15) is 0 Å². The number of hydrogen-bond donors (Lipinski definition) is 7. The fourth-order valence-electron chi connectivity index (χ4n) is 6.86. The average molecular weight is 953 g/mol. The summed E-state index contributed by atoms with van der Waals surface area (Å²) < 4.78 is 33.5. The number of esters is 2. The van der Waals surface area contributed by atoms with E-state index in [1.54, 1.807) is 12.2 Å². The van der Waals surface area contributed by atoms with Crippen molar-refractivity contribution >= 4 is 19.8 Å². The van der Waals surface area contributed by atoms with E-state index in [9.17, 15) is 49.7 Å². The molecule has 1 rings (SSSR count). The van der Waals surface area contributed by atoms with Crippen LogP contribution in [0.5, 0.6) is 0 Å². The van der Waals surface area contributed by atoms with E-state index >= 15 is 0 Å². The Balaban J connectivity index is 2.52. The molecule has 0 saturated heterocycles. The van der Waals surface area contributed by atoms with Gasteiger partial charge in [-0.3, -0.25) is 18.6 Å². The first-order valence-corrected chi connectivity index (χ1v) is 26.0. The summed E-state index contributed by atoms with van der Waals surface area (Å²) >= 11 is 0. The predicted octanol–water partition coefficient (Wildman–Crippen LogP) is 9.03. The maximum Gasteiger partial charge on any atom is 0.472 e. The Morgan fingerprint density at radius 3 is 1.70 bits per heavy atom. The third-order valence-electron chi connectivity index (χ3n) is 10.8. The van der Waals surface area contributed by atoms with Crippen LogP contribution in [0.4, 0.5) is 0 Å². The number of rotatable bonds is 39. The number of ether oxygens (including phenoxy) is 2. The number of hydrogen-bond acceptors (Lipinski definition) is 13. The lowest BCUT2D eigenvalue weighted by atomic mass is 9.85. The molecule has 1 saturated carbocycles. The molecule has 0 aliphatic heterocycles. The third-order valence-corrected chi connectivity index (χ3v) is 11.8. The topological polar surface area (TPSA) is 230 Å². The smallest absolute Gasteiger partial charge is 0.462 e. The summed E-state index contributed by atoms with van der Waals surface area (Å²) in [5.74, 6) is -1.24. The second kappa shape index (κ2) is 39.9. The molecule has 0 aromatic carbocycles. The Morgan fingerprint density at radius 1 is 0.561 bits per heavy atom. The number of allylic oxidation sites excluding steroid dienone is 12. The Morgan fingerprint density at radius 2 is 1.08 bits per heavy atom. The van der Waals surface area contributed by atoms with Crippen molar-refractivity contribution in [3.63, 3.8) is 0 Å². The minimum atomic E-state index is -5.16. The van der Waals surface area contributed by atoms with Gasteiger partial charge in [-0.15, -0.1) is 0 Å². The maximum absolute atomic E-state index is 12.8. The summed E-state index contributed by atoms with van der Waals surface area (Å²) in [5, 5.41) is 60.2. The van der Waals surface area contributed by atoms with Gasteiger partial charge < -0.3 is 45.0 Å². The summed E-state index contributed by atoms with van der Waals surface area (Å²) in [6.45, 7) is 3.05. The Hall–Kier alpha value is -3.01. The Kier molecular flexibility index (Phi) is 36.9. The molecule has 1 fully saturated rings. The zero-order valence-electron chi connectivity index (χ0n) is 39.8. The van der Waals surface area contributed by atoms with E-state index in [1.165, 1.54) is 57.8 Å². The average Bonchev–Trinajstić information content (AvgIpc) is 3.29. The van der Waals surface area contributed by atoms with E-state index in [-0.39, 0.29) is 12.8 Å². The van der Waals surface area contributed by atoms with Crippen LogP contribution < -0.4 is 0 Å². The summed E-state index contributed by atoms with van der Waals surface area (Å²) in [5.41, 5.74) is 0. The summed E-state index contributed by atoms with van der Waals surface area (Å²) in [6.07, 6.45) is 35.2. The second-order valence-corrected chi connectivity index (χ2v) is 18.2. The SMILES string of the molecule is CC/C=C\C/C=C\CC(O)/C=C/C=C\C/C=C\C/C=C\CCC(=O)O[C@H](COC(=O)CCCCCCCCC/C=C\CCCCCCCC)COP(=O)(O)OC1[C@H](O)[C@H](O)C(O)[C@H](O)[C@H]1O. The molecule has 0 radical (unpaired) electrons. The number of aliphatic hydroxyl groups is 6. The van der Waals surface area contributed by atoms with Crippen LogP contribution in [0.2, 0.25) is 0 Å². The van der Waals surface area contributed by atoms with E-state index in [1.807, 2.05) is 48.6 Å². The highest BCUT2D eigenvalue weighted by molar-refractivity contribution is 7.47. The minimum Gasteiger partial charge on any atom is -0.462 e. The number of unbranched alkanes of at least 4 members (excludes halogenated alkanes) is 13. The van der Waals surface area contributed by atoms with Gasteiger partial charge in [0.1, 0.15) is 43.2 Å². The fraction of sp³-hybridized carbons (Fsp3) is 0.686. The molecule has 0 amide bonds. The fourth-order valence-corrected chi connectivity index (χ4v) is 7.83. The van der Waals surface area contributed by atoms with Crippen LogP contribution in [0, 0.1) is 0 Å². The van der Waals surface area contributed by atoms with Crippen LogP contribution in [0.25, 0.3) is 0 Å². The molecule has 7 N–H and O–H groups in total. The van der Waals surface area contributed by atoms with Crippen molar-refractivity contribution < 1.29 is 68.2 Å². The largest absolute Gasteiger partial charge is 0.472 e. The van der Waals surface area contributed by atoms with E-state index in [4.69, 9.17) is 18.5 Å². The van der Waals surface area contributed by atoms with Gasteiger partial charge in [-0.25, -0.2) is 4.57 Å². The summed E-state index contributed by atoms with van der Waals surface area (Å²) in [4.78, 5) is 35.7. The molecule has 1 aliphatic carbocycles. The lowest BCUT2D eigenvalue weighted by Gasteiger charge is -2.41. The van der Waals surface area contributed by atoms with Crippen molar-refractivity contribution in [2.24, 2.45) is 0 Å². The molecular formula is C51H85O14P. The van der Waals surface area contributed by atoms with Gasteiger partial charge in [0.2, 0.25) is 0 Å². The molecule has 15 heteroatoms. The van der Waals surface area contributed by atoms with E-state index in [2.05, 4.69) is 38.2 Å². The van der Waals surface area contributed by atoms with Gasteiger partial charge in [0.25, 0.3) is 0 Å². The van der Waals surface area contributed by atoms with Crippen LogP contribution in [0.3, 0.4) is 0 Å². The quantitative estimate of drug-likeness (QED) is 0.0100. The molecule has 0 aromatic rings. The highest BCUT2D eigenvalue weighted by Gasteiger charge is 2.51. The zero-order valence-corrected chi connectivity index (χ0v) is 40.7. The Labute approximate surface area is 395 Å². The summed E-state index contributed by atoms with van der Waals surface area (Å²) in [6, 6.07) is 0. The first kappa shape index (κ1) is 61.0.